The molecule has 1 aromatic heterocycles. The van der Waals surface area contributed by atoms with Gasteiger partial charge in [0.05, 0.1) is 6.54 Å². The van der Waals surface area contributed by atoms with Crippen LogP contribution >= 0.6 is 24.0 Å². The first-order chi connectivity index (χ1) is 16.1. The Morgan fingerprint density at radius 1 is 1.03 bits per heavy atom. The maximum Gasteiger partial charge on any atom is 0.257 e. The zero-order valence-corrected chi connectivity index (χ0v) is 22.3. The van der Waals surface area contributed by atoms with Gasteiger partial charge in [-0.25, -0.2) is 4.99 Å². The van der Waals surface area contributed by atoms with Crippen molar-refractivity contribution in [1.82, 2.24) is 26.1 Å². The summed E-state index contributed by atoms with van der Waals surface area (Å²) < 4.78 is 5.40. The summed E-state index contributed by atoms with van der Waals surface area (Å²) in [4.78, 5) is 21.0. The van der Waals surface area contributed by atoms with Gasteiger partial charge in [0.1, 0.15) is 0 Å². The molecule has 0 spiro atoms. The van der Waals surface area contributed by atoms with Crippen molar-refractivity contribution in [3.8, 4) is 11.5 Å². The Morgan fingerprint density at radius 2 is 1.82 bits per heavy atom. The first-order valence-electron chi connectivity index (χ1n) is 11.4. The molecule has 0 atom stereocenters. The average molecular weight is 576 g/mol. The Balaban J connectivity index is 0.00000408. The number of rotatable bonds is 10. The molecule has 34 heavy (non-hydrogen) atoms. The number of hydrogen-bond acceptors (Lipinski definition) is 5. The molecule has 3 N–H and O–H groups in total. The van der Waals surface area contributed by atoms with E-state index in [4.69, 9.17) is 9.52 Å². The van der Waals surface area contributed by atoms with E-state index in [2.05, 4.69) is 33.0 Å². The van der Waals surface area contributed by atoms with Crippen LogP contribution in [0.4, 0.5) is 0 Å². The number of hydrogen-bond donors (Lipinski definition) is 3. The predicted octanol–water partition coefficient (Wildman–Crippen LogP) is 3.96. The van der Waals surface area contributed by atoms with Crippen molar-refractivity contribution in [3.63, 3.8) is 0 Å². The maximum absolute atomic E-state index is 11.8. The molecule has 0 fully saturated rings. The van der Waals surface area contributed by atoms with E-state index < -0.39 is 0 Å². The van der Waals surface area contributed by atoms with E-state index in [1.165, 1.54) is 0 Å². The molecular formula is C25H33IN6O2. The smallest absolute Gasteiger partial charge is 0.257 e. The molecule has 0 saturated carbocycles. The number of nitrogens with zero attached hydrogens (tertiary/aromatic N) is 3. The fraction of sp³-hybridized carbons (Fsp3) is 0.360. The van der Waals surface area contributed by atoms with E-state index in [1.807, 2.05) is 55.5 Å². The van der Waals surface area contributed by atoms with E-state index in [9.17, 15) is 4.79 Å². The van der Waals surface area contributed by atoms with Crippen LogP contribution in [0.3, 0.4) is 0 Å². The van der Waals surface area contributed by atoms with Crippen LogP contribution in [-0.2, 0) is 19.4 Å². The van der Waals surface area contributed by atoms with Gasteiger partial charge in [0.25, 0.3) is 11.8 Å². The third kappa shape index (κ3) is 8.12. The van der Waals surface area contributed by atoms with Gasteiger partial charge in [-0.15, -0.1) is 24.0 Å². The molecule has 182 valence electrons. The zero-order chi connectivity index (χ0) is 23.5. The molecule has 0 unspecified atom stereocenters. The Morgan fingerprint density at radius 3 is 2.59 bits per heavy atom. The molecule has 0 aliphatic carbocycles. The summed E-state index contributed by atoms with van der Waals surface area (Å²) >= 11 is 0. The summed E-state index contributed by atoms with van der Waals surface area (Å²) in [6.07, 6.45) is 2.57. The largest absolute Gasteiger partial charge is 0.357 e. The van der Waals surface area contributed by atoms with E-state index in [0.717, 1.165) is 54.3 Å². The van der Waals surface area contributed by atoms with Crippen LogP contribution in [0.15, 0.2) is 58.0 Å². The van der Waals surface area contributed by atoms with Crippen molar-refractivity contribution in [3.05, 3.63) is 71.0 Å². The van der Waals surface area contributed by atoms with Crippen molar-refractivity contribution in [2.24, 2.45) is 4.99 Å². The van der Waals surface area contributed by atoms with Gasteiger partial charge >= 0.3 is 0 Å². The second kappa shape index (κ2) is 14.3. The van der Waals surface area contributed by atoms with Crippen molar-refractivity contribution < 1.29 is 9.32 Å². The third-order valence-electron chi connectivity index (χ3n) is 5.00. The van der Waals surface area contributed by atoms with Gasteiger partial charge in [-0.05, 0) is 55.2 Å². The number of carbonyl (C=O) groups excluding carboxylic acids is 1. The van der Waals surface area contributed by atoms with Gasteiger partial charge in [0.15, 0.2) is 11.8 Å². The number of carbonyl (C=O) groups is 1. The first-order valence-corrected chi connectivity index (χ1v) is 11.4. The SMILES string of the molecule is CCCc1noc(-c2cccc(CN=C(NCC)NCCc3cccc(C(=O)NC)c3)c2)n1.I. The second-order valence-corrected chi connectivity index (χ2v) is 7.62. The topological polar surface area (TPSA) is 104 Å². The van der Waals surface area contributed by atoms with Crippen molar-refractivity contribution in [2.45, 2.75) is 39.7 Å². The number of aliphatic imine (C=N–C) groups is 1. The number of benzene rings is 2. The van der Waals surface area contributed by atoms with Crippen molar-refractivity contribution in [2.75, 3.05) is 20.1 Å². The van der Waals surface area contributed by atoms with Gasteiger partial charge in [-0.1, -0.05) is 36.3 Å². The van der Waals surface area contributed by atoms with Gasteiger partial charge in [-0.2, -0.15) is 4.98 Å². The van der Waals surface area contributed by atoms with Gasteiger partial charge in [0.2, 0.25) is 0 Å². The van der Waals surface area contributed by atoms with Crippen LogP contribution in [0.5, 0.6) is 0 Å². The van der Waals surface area contributed by atoms with Crippen LogP contribution in [0, 0.1) is 0 Å². The molecule has 0 bridgehead atoms. The minimum absolute atomic E-state index is 0. The quantitative estimate of drug-likeness (QED) is 0.192. The van der Waals surface area contributed by atoms with Gasteiger partial charge < -0.3 is 20.5 Å². The summed E-state index contributed by atoms with van der Waals surface area (Å²) in [5.41, 5.74) is 3.71. The Kier molecular flexibility index (Phi) is 11.5. The fourth-order valence-corrected chi connectivity index (χ4v) is 3.35. The lowest BCUT2D eigenvalue weighted by molar-refractivity contribution is 0.0963. The van der Waals surface area contributed by atoms with Crippen LogP contribution < -0.4 is 16.0 Å². The standard InChI is InChI=1S/C25H32N6O2.HI/c1-4-8-22-30-24(33-31-22)21-12-7-10-19(16-21)17-29-25(27-5-2)28-14-13-18-9-6-11-20(15-18)23(32)26-3;/h6-7,9-12,15-16H,4-5,8,13-14,17H2,1-3H3,(H,26,32)(H2,27,28,29);1H. The molecule has 0 saturated heterocycles. The molecular weight excluding hydrogens is 543 g/mol. The lowest BCUT2D eigenvalue weighted by atomic mass is 10.1. The molecule has 3 aromatic rings. The minimum atomic E-state index is -0.0796. The first kappa shape index (κ1) is 27.3. The lowest BCUT2D eigenvalue weighted by Gasteiger charge is -2.12. The molecule has 0 radical (unpaired) electrons. The van der Waals surface area contributed by atoms with Crippen molar-refractivity contribution in [1.29, 1.82) is 0 Å². The third-order valence-corrected chi connectivity index (χ3v) is 5.00. The average Bonchev–Trinajstić information content (AvgIpc) is 3.31. The number of guanidine groups is 1. The van der Waals surface area contributed by atoms with E-state index in [0.29, 0.717) is 24.5 Å². The summed E-state index contributed by atoms with van der Waals surface area (Å²) in [5.74, 6) is 1.93. The molecule has 0 aliphatic heterocycles. The van der Waals surface area contributed by atoms with E-state index in [1.54, 1.807) is 7.05 Å². The molecule has 2 aromatic carbocycles. The van der Waals surface area contributed by atoms with Crippen LogP contribution in [0.1, 0.15) is 47.6 Å². The highest BCUT2D eigenvalue weighted by molar-refractivity contribution is 14.0. The number of nitrogens with one attached hydrogen (secondary N) is 3. The number of amides is 1. The normalized spacial score (nSPS) is 11.0. The molecule has 1 amide bonds. The highest BCUT2D eigenvalue weighted by Gasteiger charge is 2.09. The van der Waals surface area contributed by atoms with Crippen LogP contribution in [0.25, 0.3) is 11.5 Å². The van der Waals surface area contributed by atoms with Crippen LogP contribution in [0.2, 0.25) is 0 Å². The fourth-order valence-electron chi connectivity index (χ4n) is 3.35. The summed E-state index contributed by atoms with van der Waals surface area (Å²) in [5, 5.41) is 13.3. The van der Waals surface area contributed by atoms with E-state index in [-0.39, 0.29) is 29.9 Å². The molecule has 9 heteroatoms. The van der Waals surface area contributed by atoms with Gasteiger partial charge in [-0.3, -0.25) is 4.79 Å². The Labute approximate surface area is 218 Å². The van der Waals surface area contributed by atoms with E-state index >= 15 is 0 Å². The highest BCUT2D eigenvalue weighted by atomic mass is 127. The molecule has 8 nitrogen and oxygen atoms in total. The number of aromatic nitrogens is 2. The number of halogens is 1. The van der Waals surface area contributed by atoms with Crippen molar-refractivity contribution >= 4 is 35.8 Å². The van der Waals surface area contributed by atoms with Crippen LogP contribution in [-0.4, -0.2) is 42.1 Å². The molecule has 3 rings (SSSR count). The monoisotopic (exact) mass is 576 g/mol. The lowest BCUT2D eigenvalue weighted by Crippen LogP contribution is -2.38. The molecule has 1 heterocycles. The predicted molar refractivity (Wildman–Crippen MR) is 145 cm³/mol. The summed E-state index contributed by atoms with van der Waals surface area (Å²) in [6.45, 7) is 6.11. The number of aryl methyl sites for hydroxylation is 1. The second-order valence-electron chi connectivity index (χ2n) is 7.62. The summed E-state index contributed by atoms with van der Waals surface area (Å²) in [6, 6.07) is 15.7. The molecule has 0 aliphatic rings. The summed E-state index contributed by atoms with van der Waals surface area (Å²) in [7, 11) is 1.64. The Hall–Kier alpha value is -2.95. The maximum atomic E-state index is 11.8. The van der Waals surface area contributed by atoms with Gasteiger partial charge in [0, 0.05) is 37.7 Å². The Bertz CT molecular complexity index is 1080. The minimum Gasteiger partial charge on any atom is -0.357 e. The highest BCUT2D eigenvalue weighted by Crippen LogP contribution is 2.19. The zero-order valence-electron chi connectivity index (χ0n) is 19.9.